The van der Waals surface area contributed by atoms with E-state index < -0.39 is 0 Å². The van der Waals surface area contributed by atoms with Crippen molar-refractivity contribution in [3.63, 3.8) is 0 Å². The third kappa shape index (κ3) is 3.86. The van der Waals surface area contributed by atoms with Gasteiger partial charge in [0.2, 0.25) is 17.7 Å². The van der Waals surface area contributed by atoms with Gasteiger partial charge in [-0.3, -0.25) is 9.78 Å². The second-order valence-corrected chi connectivity index (χ2v) is 6.58. The Hall–Kier alpha value is -3.09. The van der Waals surface area contributed by atoms with Gasteiger partial charge in [0.05, 0.1) is 6.42 Å². The second-order valence-electron chi connectivity index (χ2n) is 6.58. The minimum Gasteiger partial charge on any atom is -0.418 e. The summed E-state index contributed by atoms with van der Waals surface area (Å²) in [5.41, 5.74) is 1.58. The Balaban J connectivity index is 1.53. The molecule has 0 saturated carbocycles. The molecule has 27 heavy (non-hydrogen) atoms. The standard InChI is InChI=1S/C20H19FN4O2/c21-16-6-4-14(5-7-16)13-18(26)25-12-2-1-3-17(25)20-24-23-19(27-20)15-8-10-22-11-9-15/h4-11,17H,1-3,12-13H2/t17-/m1/s1. The second kappa shape index (κ2) is 7.65. The molecule has 1 saturated heterocycles. The Labute approximate surface area is 156 Å². The van der Waals surface area contributed by atoms with Gasteiger partial charge in [0.1, 0.15) is 11.9 Å². The number of hydrogen-bond acceptors (Lipinski definition) is 5. The van der Waals surface area contributed by atoms with Crippen LogP contribution in [0.3, 0.4) is 0 Å². The largest absolute Gasteiger partial charge is 0.418 e. The molecule has 1 aliphatic rings. The lowest BCUT2D eigenvalue weighted by atomic mass is 10.0. The molecule has 0 spiro atoms. The number of carbonyl (C=O) groups excluding carboxylic acids is 1. The molecule has 4 rings (SSSR count). The summed E-state index contributed by atoms with van der Waals surface area (Å²) in [6.45, 7) is 0.650. The lowest BCUT2D eigenvalue weighted by Crippen LogP contribution is -2.39. The highest BCUT2D eigenvalue weighted by molar-refractivity contribution is 5.79. The average Bonchev–Trinajstić information content (AvgIpc) is 3.20. The Morgan fingerprint density at radius 1 is 1.11 bits per heavy atom. The molecule has 138 valence electrons. The molecule has 0 N–H and O–H groups in total. The molecule has 1 aromatic carbocycles. The summed E-state index contributed by atoms with van der Waals surface area (Å²) >= 11 is 0. The Morgan fingerprint density at radius 2 is 1.89 bits per heavy atom. The van der Waals surface area contributed by atoms with Crippen molar-refractivity contribution >= 4 is 5.91 Å². The quantitative estimate of drug-likeness (QED) is 0.706. The molecule has 1 fully saturated rings. The van der Waals surface area contributed by atoms with Crippen LogP contribution in [0, 0.1) is 5.82 Å². The predicted octanol–water partition coefficient (Wildman–Crippen LogP) is 3.57. The first kappa shape index (κ1) is 17.3. The normalized spacial score (nSPS) is 17.1. The fourth-order valence-electron chi connectivity index (χ4n) is 3.35. The first-order chi connectivity index (χ1) is 13.2. The van der Waals surface area contributed by atoms with Crippen LogP contribution in [0.1, 0.15) is 36.8 Å². The lowest BCUT2D eigenvalue weighted by Gasteiger charge is -2.33. The molecule has 1 aliphatic heterocycles. The molecule has 1 amide bonds. The van der Waals surface area contributed by atoms with Gasteiger partial charge in [-0.15, -0.1) is 10.2 Å². The van der Waals surface area contributed by atoms with Crippen molar-refractivity contribution in [1.82, 2.24) is 20.1 Å². The maximum Gasteiger partial charge on any atom is 0.247 e. The molecule has 3 aromatic rings. The molecule has 2 aromatic heterocycles. The van der Waals surface area contributed by atoms with Crippen molar-refractivity contribution < 1.29 is 13.6 Å². The molecular formula is C20H19FN4O2. The minimum atomic E-state index is -0.309. The van der Waals surface area contributed by atoms with E-state index in [1.54, 1.807) is 41.6 Å². The van der Waals surface area contributed by atoms with Crippen molar-refractivity contribution in [2.45, 2.75) is 31.7 Å². The van der Waals surface area contributed by atoms with Crippen LogP contribution in [0.4, 0.5) is 4.39 Å². The van der Waals surface area contributed by atoms with E-state index in [0.717, 1.165) is 30.4 Å². The topological polar surface area (TPSA) is 72.1 Å². The van der Waals surface area contributed by atoms with Crippen LogP contribution in [0.25, 0.3) is 11.5 Å². The van der Waals surface area contributed by atoms with E-state index in [1.165, 1.54) is 12.1 Å². The van der Waals surface area contributed by atoms with Crippen LogP contribution in [0.15, 0.2) is 53.2 Å². The molecular weight excluding hydrogens is 347 g/mol. The van der Waals surface area contributed by atoms with E-state index in [0.29, 0.717) is 18.3 Å². The zero-order valence-corrected chi connectivity index (χ0v) is 14.7. The molecule has 0 aliphatic carbocycles. The minimum absolute atomic E-state index is 0.0185. The number of pyridine rings is 1. The number of benzene rings is 1. The summed E-state index contributed by atoms with van der Waals surface area (Å²) in [6, 6.07) is 9.39. The van der Waals surface area contributed by atoms with Gasteiger partial charge in [-0.25, -0.2) is 4.39 Å². The Morgan fingerprint density at radius 3 is 2.67 bits per heavy atom. The fraction of sp³-hybridized carbons (Fsp3) is 0.300. The maximum atomic E-state index is 13.1. The molecule has 0 bridgehead atoms. The van der Waals surface area contributed by atoms with Crippen LogP contribution in [-0.4, -0.2) is 32.5 Å². The number of likely N-dealkylation sites (tertiary alicyclic amines) is 1. The molecule has 6 nitrogen and oxygen atoms in total. The SMILES string of the molecule is O=C(Cc1ccc(F)cc1)N1CCCC[C@@H]1c1nnc(-c2ccncc2)o1. The summed E-state index contributed by atoms with van der Waals surface area (Å²) < 4.78 is 18.9. The van der Waals surface area contributed by atoms with Gasteiger partial charge in [-0.1, -0.05) is 12.1 Å². The highest BCUT2D eigenvalue weighted by Crippen LogP contribution is 2.32. The van der Waals surface area contributed by atoms with E-state index in [-0.39, 0.29) is 24.2 Å². The summed E-state index contributed by atoms with van der Waals surface area (Å²) in [4.78, 5) is 18.6. The van der Waals surface area contributed by atoms with E-state index in [1.807, 2.05) is 0 Å². The number of amides is 1. The number of piperidine rings is 1. The number of rotatable bonds is 4. The monoisotopic (exact) mass is 366 g/mol. The number of halogens is 1. The molecule has 7 heteroatoms. The van der Waals surface area contributed by atoms with Crippen molar-refractivity contribution in [3.05, 3.63) is 66.1 Å². The number of nitrogens with zero attached hydrogens (tertiary/aromatic N) is 4. The highest BCUT2D eigenvalue weighted by Gasteiger charge is 2.32. The van der Waals surface area contributed by atoms with Crippen molar-refractivity contribution in [2.24, 2.45) is 0 Å². The van der Waals surface area contributed by atoms with Crippen molar-refractivity contribution in [2.75, 3.05) is 6.54 Å². The molecule has 0 unspecified atom stereocenters. The van der Waals surface area contributed by atoms with Crippen LogP contribution < -0.4 is 0 Å². The van der Waals surface area contributed by atoms with Crippen LogP contribution in [0.5, 0.6) is 0 Å². The number of carbonyl (C=O) groups is 1. The van der Waals surface area contributed by atoms with Crippen LogP contribution >= 0.6 is 0 Å². The van der Waals surface area contributed by atoms with Gasteiger partial charge in [-0.05, 0) is 49.1 Å². The fourth-order valence-corrected chi connectivity index (χ4v) is 3.35. The lowest BCUT2D eigenvalue weighted by molar-refractivity contribution is -0.134. The van der Waals surface area contributed by atoms with E-state index in [4.69, 9.17) is 4.42 Å². The average molecular weight is 366 g/mol. The maximum absolute atomic E-state index is 13.1. The predicted molar refractivity (Wildman–Crippen MR) is 95.9 cm³/mol. The van der Waals surface area contributed by atoms with Gasteiger partial charge in [0, 0.05) is 24.5 Å². The molecule has 1 atom stereocenters. The summed E-state index contributed by atoms with van der Waals surface area (Å²) in [6.07, 6.45) is 6.28. The van der Waals surface area contributed by atoms with E-state index >= 15 is 0 Å². The van der Waals surface area contributed by atoms with Gasteiger partial charge in [0.25, 0.3) is 0 Å². The first-order valence-corrected chi connectivity index (χ1v) is 8.98. The van der Waals surface area contributed by atoms with Gasteiger partial charge in [-0.2, -0.15) is 0 Å². The third-order valence-electron chi connectivity index (χ3n) is 4.74. The smallest absolute Gasteiger partial charge is 0.247 e. The number of aromatic nitrogens is 3. The van der Waals surface area contributed by atoms with Crippen LogP contribution in [-0.2, 0) is 11.2 Å². The third-order valence-corrected chi connectivity index (χ3v) is 4.74. The van der Waals surface area contributed by atoms with Gasteiger partial charge >= 0.3 is 0 Å². The zero-order valence-electron chi connectivity index (χ0n) is 14.7. The summed E-state index contributed by atoms with van der Waals surface area (Å²) in [5.74, 6) is 0.546. The summed E-state index contributed by atoms with van der Waals surface area (Å²) in [5, 5.41) is 8.31. The zero-order chi connectivity index (χ0) is 18.6. The highest BCUT2D eigenvalue weighted by atomic mass is 19.1. The molecule has 0 radical (unpaired) electrons. The van der Waals surface area contributed by atoms with Gasteiger partial charge < -0.3 is 9.32 Å². The first-order valence-electron chi connectivity index (χ1n) is 8.98. The van der Waals surface area contributed by atoms with Gasteiger partial charge in [0.15, 0.2) is 0 Å². The van der Waals surface area contributed by atoms with Crippen molar-refractivity contribution in [3.8, 4) is 11.5 Å². The van der Waals surface area contributed by atoms with E-state index in [2.05, 4.69) is 15.2 Å². The Bertz CT molecular complexity index is 911. The van der Waals surface area contributed by atoms with Crippen molar-refractivity contribution in [1.29, 1.82) is 0 Å². The van der Waals surface area contributed by atoms with E-state index in [9.17, 15) is 9.18 Å². The Kier molecular flexibility index (Phi) is 4.91. The summed E-state index contributed by atoms with van der Waals surface area (Å²) in [7, 11) is 0. The number of hydrogen-bond donors (Lipinski definition) is 0. The molecule has 3 heterocycles. The van der Waals surface area contributed by atoms with Crippen LogP contribution in [0.2, 0.25) is 0 Å².